The van der Waals surface area contributed by atoms with Gasteiger partial charge in [0.15, 0.2) is 0 Å². The second kappa shape index (κ2) is 10.6. The normalized spacial score (nSPS) is 14.6. The van der Waals surface area contributed by atoms with E-state index in [4.69, 9.17) is 0 Å². The summed E-state index contributed by atoms with van der Waals surface area (Å²) in [5, 5.41) is 13.2. The zero-order chi connectivity index (χ0) is 33.6. The zero-order valence-electron chi connectivity index (χ0n) is 27.6. The molecule has 1 unspecified atom stereocenters. The maximum atomic E-state index is 14.9. The summed E-state index contributed by atoms with van der Waals surface area (Å²) in [6.45, 7) is 0. The van der Waals surface area contributed by atoms with Crippen LogP contribution >= 0.6 is 0 Å². The number of hydrogen-bond donors (Lipinski definition) is 1. The van der Waals surface area contributed by atoms with Crippen LogP contribution in [0.5, 0.6) is 0 Å². The van der Waals surface area contributed by atoms with Crippen LogP contribution < -0.4 is 10.2 Å². The Morgan fingerprint density at radius 2 is 0.922 bits per heavy atom. The molecule has 0 aliphatic carbocycles. The number of nitrogens with zero attached hydrogens (tertiary/aromatic N) is 1. The predicted molar refractivity (Wildman–Crippen MR) is 212 cm³/mol. The summed E-state index contributed by atoms with van der Waals surface area (Å²) in [6, 6.07) is 60.3. The Kier molecular flexibility index (Phi) is 5.88. The first-order valence-electron chi connectivity index (χ1n) is 17.5. The van der Waals surface area contributed by atoms with E-state index >= 15 is 0 Å². The number of nitrogens with one attached hydrogen (secondary N) is 1. The lowest BCUT2D eigenvalue weighted by Crippen LogP contribution is -2.37. The first kappa shape index (κ1) is 28.2. The SMILES string of the molecule is O=C1c2cccc3c(-c4cccc5ccccc45)ccc(c23)C2Nc3c(-c4cccc5ccccc45)cc(-c4cccc5ccccc45)cc3N12. The third-order valence-corrected chi connectivity index (χ3v) is 11.0. The quantitative estimate of drug-likeness (QED) is 0.206. The van der Waals surface area contributed by atoms with Gasteiger partial charge in [-0.1, -0.05) is 152 Å². The molecule has 0 fully saturated rings. The van der Waals surface area contributed by atoms with Crippen molar-refractivity contribution in [3.8, 4) is 33.4 Å². The average molecular weight is 651 g/mol. The van der Waals surface area contributed by atoms with Gasteiger partial charge in [-0.25, -0.2) is 0 Å². The molecule has 1 atom stereocenters. The molecular weight excluding hydrogens is 621 g/mol. The molecule has 1 amide bonds. The van der Waals surface area contributed by atoms with Crippen molar-refractivity contribution in [2.75, 3.05) is 10.2 Å². The Labute approximate surface area is 295 Å². The van der Waals surface area contributed by atoms with E-state index in [2.05, 4.69) is 163 Å². The molecule has 0 radical (unpaired) electrons. The standard InChI is InChI=1S/C48H30N2O/c51-48-42-24-10-23-40-39(37-21-8-15-30-12-2-5-18-34(30)37)25-26-41(45(40)42)47-49-46-43(38-22-9-16-31-13-3-6-19-35(31)38)27-32(28-44(46)50(47)48)36-20-7-14-29-11-1-4-17-33(29)36/h1-28,47,49H. The maximum Gasteiger partial charge on any atom is 0.260 e. The van der Waals surface area contributed by atoms with E-state index in [0.29, 0.717) is 0 Å². The highest BCUT2D eigenvalue weighted by atomic mass is 16.2. The molecule has 9 aromatic rings. The topological polar surface area (TPSA) is 32.3 Å². The van der Waals surface area contributed by atoms with Crippen LogP contribution in [0.25, 0.3) is 76.5 Å². The van der Waals surface area contributed by atoms with Gasteiger partial charge in [0, 0.05) is 22.1 Å². The molecule has 9 aromatic carbocycles. The molecule has 2 aliphatic heterocycles. The Morgan fingerprint density at radius 1 is 0.431 bits per heavy atom. The number of anilines is 2. The van der Waals surface area contributed by atoms with Crippen LogP contribution in [-0.2, 0) is 0 Å². The van der Waals surface area contributed by atoms with Gasteiger partial charge in [0.1, 0.15) is 6.17 Å². The number of carbonyl (C=O) groups excluding carboxylic acids is 1. The van der Waals surface area contributed by atoms with Crippen LogP contribution in [0.2, 0.25) is 0 Å². The van der Waals surface area contributed by atoms with Crippen molar-refractivity contribution in [3.05, 3.63) is 181 Å². The number of fused-ring (bicyclic) bond motifs is 7. The van der Waals surface area contributed by atoms with Gasteiger partial charge in [-0.05, 0) is 83.7 Å². The van der Waals surface area contributed by atoms with Crippen molar-refractivity contribution in [3.63, 3.8) is 0 Å². The lowest BCUT2D eigenvalue weighted by molar-refractivity contribution is 0.0980. The largest absolute Gasteiger partial charge is 0.359 e. The molecule has 3 nitrogen and oxygen atoms in total. The molecule has 2 heterocycles. The minimum Gasteiger partial charge on any atom is -0.359 e. The fourth-order valence-electron chi connectivity index (χ4n) is 8.72. The minimum atomic E-state index is -0.344. The fourth-order valence-corrected chi connectivity index (χ4v) is 8.72. The third kappa shape index (κ3) is 4.03. The van der Waals surface area contributed by atoms with E-state index in [1.54, 1.807) is 0 Å². The molecule has 51 heavy (non-hydrogen) atoms. The van der Waals surface area contributed by atoms with E-state index in [0.717, 1.165) is 61.1 Å². The van der Waals surface area contributed by atoms with Crippen LogP contribution in [0.4, 0.5) is 11.4 Å². The molecule has 0 saturated carbocycles. The van der Waals surface area contributed by atoms with Crippen molar-refractivity contribution >= 4 is 60.4 Å². The second-order valence-corrected chi connectivity index (χ2v) is 13.7. The Balaban J connectivity index is 1.16. The van der Waals surface area contributed by atoms with Gasteiger partial charge in [-0.3, -0.25) is 9.69 Å². The number of rotatable bonds is 3. The number of carbonyl (C=O) groups is 1. The second-order valence-electron chi connectivity index (χ2n) is 13.7. The number of benzene rings is 9. The Hall–Kier alpha value is -6.71. The van der Waals surface area contributed by atoms with E-state index in [1.165, 1.54) is 37.9 Å². The van der Waals surface area contributed by atoms with Crippen LogP contribution in [0, 0.1) is 0 Å². The van der Waals surface area contributed by atoms with E-state index in [1.807, 2.05) is 17.0 Å². The van der Waals surface area contributed by atoms with E-state index in [-0.39, 0.29) is 12.1 Å². The van der Waals surface area contributed by atoms with Gasteiger partial charge >= 0.3 is 0 Å². The molecular formula is C48H30N2O. The summed E-state index contributed by atoms with van der Waals surface area (Å²) in [5.41, 5.74) is 10.5. The van der Waals surface area contributed by atoms with Gasteiger partial charge in [0.2, 0.25) is 0 Å². The zero-order valence-corrected chi connectivity index (χ0v) is 27.6. The monoisotopic (exact) mass is 650 g/mol. The summed E-state index contributed by atoms with van der Waals surface area (Å²) in [7, 11) is 0. The highest BCUT2D eigenvalue weighted by Crippen LogP contribution is 2.54. The average Bonchev–Trinajstić information content (AvgIpc) is 3.59. The minimum absolute atomic E-state index is 0.0124. The summed E-state index contributed by atoms with van der Waals surface area (Å²) in [4.78, 5) is 16.9. The third-order valence-electron chi connectivity index (χ3n) is 11.0. The fraction of sp³-hybridized carbons (Fsp3) is 0.0208. The highest BCUT2D eigenvalue weighted by molar-refractivity contribution is 6.23. The molecule has 3 heteroatoms. The first-order valence-corrected chi connectivity index (χ1v) is 17.5. The molecule has 238 valence electrons. The van der Waals surface area contributed by atoms with Crippen molar-refractivity contribution in [1.29, 1.82) is 0 Å². The van der Waals surface area contributed by atoms with Crippen LogP contribution in [0.3, 0.4) is 0 Å². The van der Waals surface area contributed by atoms with Crippen LogP contribution in [-0.4, -0.2) is 5.91 Å². The number of amides is 1. The molecule has 2 aliphatic rings. The van der Waals surface area contributed by atoms with Crippen molar-refractivity contribution in [1.82, 2.24) is 0 Å². The van der Waals surface area contributed by atoms with Crippen molar-refractivity contribution < 1.29 is 4.79 Å². The first-order chi connectivity index (χ1) is 25.2. The van der Waals surface area contributed by atoms with Gasteiger partial charge in [-0.2, -0.15) is 0 Å². The predicted octanol–water partition coefficient (Wildman–Crippen LogP) is 12.4. The molecule has 11 rings (SSSR count). The highest BCUT2D eigenvalue weighted by Gasteiger charge is 2.42. The van der Waals surface area contributed by atoms with Crippen LogP contribution in [0.15, 0.2) is 170 Å². The molecule has 0 spiro atoms. The van der Waals surface area contributed by atoms with E-state index in [9.17, 15) is 4.79 Å². The summed E-state index contributed by atoms with van der Waals surface area (Å²) >= 11 is 0. The Morgan fingerprint density at radius 3 is 1.59 bits per heavy atom. The summed E-state index contributed by atoms with van der Waals surface area (Å²) in [5.74, 6) is 0.0124. The van der Waals surface area contributed by atoms with Gasteiger partial charge in [-0.15, -0.1) is 0 Å². The number of hydrogen-bond acceptors (Lipinski definition) is 2. The van der Waals surface area contributed by atoms with Crippen LogP contribution in [0.1, 0.15) is 22.1 Å². The lowest BCUT2D eigenvalue weighted by Gasteiger charge is -2.32. The van der Waals surface area contributed by atoms with Gasteiger partial charge in [0.25, 0.3) is 5.91 Å². The van der Waals surface area contributed by atoms with Crippen molar-refractivity contribution in [2.45, 2.75) is 6.17 Å². The van der Waals surface area contributed by atoms with E-state index < -0.39 is 0 Å². The lowest BCUT2D eigenvalue weighted by atomic mass is 9.87. The summed E-state index contributed by atoms with van der Waals surface area (Å²) in [6.07, 6.45) is -0.344. The van der Waals surface area contributed by atoms with Gasteiger partial charge in [0.05, 0.1) is 11.4 Å². The smallest absolute Gasteiger partial charge is 0.260 e. The van der Waals surface area contributed by atoms with Crippen molar-refractivity contribution in [2.24, 2.45) is 0 Å². The molecule has 0 aromatic heterocycles. The molecule has 0 saturated heterocycles. The maximum absolute atomic E-state index is 14.9. The Bertz CT molecular complexity index is 2930. The molecule has 1 N–H and O–H groups in total. The van der Waals surface area contributed by atoms with Gasteiger partial charge < -0.3 is 5.32 Å². The summed E-state index contributed by atoms with van der Waals surface area (Å²) < 4.78 is 0. The molecule has 0 bridgehead atoms.